The number of aliphatic hydroxyl groups excluding tert-OH is 1. The van der Waals surface area contributed by atoms with E-state index in [-0.39, 0.29) is 30.4 Å². The fraction of sp³-hybridized carbons (Fsp3) is 0.524. The van der Waals surface area contributed by atoms with Gasteiger partial charge in [-0.1, -0.05) is 44.2 Å². The third-order valence-corrected chi connectivity index (χ3v) is 5.24. The molecule has 0 unspecified atom stereocenters. The monoisotopic (exact) mass is 336 g/mol. The average Bonchev–Trinajstić information content (AvgIpc) is 2.52. The zero-order valence-electron chi connectivity index (χ0n) is 14.8. The minimum absolute atomic E-state index is 0.0347. The molecule has 0 spiro atoms. The van der Waals surface area contributed by atoms with Gasteiger partial charge in [0.05, 0.1) is 18.7 Å². The van der Waals surface area contributed by atoms with E-state index >= 15 is 0 Å². The van der Waals surface area contributed by atoms with Gasteiger partial charge in [-0.05, 0) is 30.5 Å². The van der Waals surface area contributed by atoms with Crippen molar-refractivity contribution in [3.63, 3.8) is 0 Å². The van der Waals surface area contributed by atoms with E-state index in [9.17, 15) is 15.2 Å². The third kappa shape index (κ3) is 3.28. The van der Waals surface area contributed by atoms with Crippen molar-refractivity contribution >= 4 is 5.91 Å². The lowest BCUT2D eigenvalue weighted by molar-refractivity contribution is -0.154. The second-order valence-electron chi connectivity index (χ2n) is 7.27. The highest BCUT2D eigenvalue weighted by Gasteiger charge is 2.53. The van der Waals surface area contributed by atoms with Gasteiger partial charge in [-0.15, -0.1) is 0 Å². The van der Waals surface area contributed by atoms with Gasteiger partial charge in [0.25, 0.3) is 0 Å². The molecule has 3 rings (SSSR count). The molecule has 1 heterocycles. The molecule has 0 radical (unpaired) electrons. The maximum absolute atomic E-state index is 12.6. The molecule has 1 saturated heterocycles. The van der Waals surface area contributed by atoms with Crippen molar-refractivity contribution in [2.24, 2.45) is 11.8 Å². The molecule has 25 heavy (non-hydrogen) atoms. The Hall–Kier alpha value is -2.30. The molecule has 1 N–H and O–H groups in total. The predicted octanol–water partition coefficient (Wildman–Crippen LogP) is 2.67. The number of rotatable bonds is 3. The standard InChI is InChI=1S/C21H24N2O2/c1-14(2)6-7-15-8-10-16(11-9-15)20-18(12-22)23(19(20)13-24)21(25)17-4-3-5-17/h8-11,14,17-20,24H,3-5,13H2,1-2H3/t18-,19-,20+/m0/s1. The number of amides is 1. The minimum atomic E-state index is -0.488. The molecule has 4 heteroatoms. The van der Waals surface area contributed by atoms with E-state index in [1.807, 2.05) is 38.1 Å². The topological polar surface area (TPSA) is 64.3 Å². The van der Waals surface area contributed by atoms with Crippen molar-refractivity contribution in [3.05, 3.63) is 35.4 Å². The molecule has 1 aliphatic carbocycles. The Bertz CT molecular complexity index is 732. The maximum atomic E-state index is 12.6. The van der Waals surface area contributed by atoms with Crippen molar-refractivity contribution < 1.29 is 9.90 Å². The Morgan fingerprint density at radius 3 is 2.48 bits per heavy atom. The molecule has 4 nitrogen and oxygen atoms in total. The van der Waals surface area contributed by atoms with Crippen LogP contribution in [0.15, 0.2) is 24.3 Å². The zero-order valence-corrected chi connectivity index (χ0v) is 14.8. The smallest absolute Gasteiger partial charge is 0.227 e. The molecule has 3 atom stereocenters. The molecule has 1 saturated carbocycles. The van der Waals surface area contributed by atoms with Crippen molar-refractivity contribution in [2.45, 2.75) is 51.1 Å². The number of hydrogen-bond donors (Lipinski definition) is 1. The van der Waals surface area contributed by atoms with Crippen LogP contribution in [0.5, 0.6) is 0 Å². The molecule has 1 aromatic rings. The van der Waals surface area contributed by atoms with Crippen LogP contribution in [0.1, 0.15) is 50.2 Å². The van der Waals surface area contributed by atoms with E-state index < -0.39 is 6.04 Å². The van der Waals surface area contributed by atoms with E-state index in [2.05, 4.69) is 17.9 Å². The lowest BCUT2D eigenvalue weighted by Crippen LogP contribution is -2.66. The number of likely N-dealkylation sites (tertiary alicyclic amines) is 1. The van der Waals surface area contributed by atoms with Crippen molar-refractivity contribution in [3.8, 4) is 17.9 Å². The highest BCUT2D eigenvalue weighted by atomic mass is 16.3. The molecule has 2 aliphatic rings. The SMILES string of the molecule is CC(C)C#Cc1ccc([C@@H]2[C@H](C#N)N(C(=O)C3CCC3)[C@H]2CO)cc1. The maximum Gasteiger partial charge on any atom is 0.227 e. The highest BCUT2D eigenvalue weighted by molar-refractivity contribution is 5.82. The first-order chi connectivity index (χ1) is 12.1. The fourth-order valence-corrected chi connectivity index (χ4v) is 3.59. The first-order valence-corrected chi connectivity index (χ1v) is 9.01. The van der Waals surface area contributed by atoms with Crippen molar-refractivity contribution in [2.75, 3.05) is 6.61 Å². The van der Waals surface area contributed by atoms with Gasteiger partial charge < -0.3 is 10.0 Å². The molecular formula is C21H24N2O2. The molecular weight excluding hydrogens is 312 g/mol. The van der Waals surface area contributed by atoms with Crippen LogP contribution in [0.2, 0.25) is 0 Å². The van der Waals surface area contributed by atoms with Gasteiger partial charge in [0.2, 0.25) is 5.91 Å². The number of nitriles is 1. The molecule has 1 amide bonds. The summed E-state index contributed by atoms with van der Waals surface area (Å²) in [6, 6.07) is 9.31. The second kappa shape index (κ2) is 7.30. The second-order valence-corrected chi connectivity index (χ2v) is 7.27. The molecule has 130 valence electrons. The van der Waals surface area contributed by atoms with Crippen LogP contribution in [0.3, 0.4) is 0 Å². The number of hydrogen-bond acceptors (Lipinski definition) is 3. The normalized spacial score (nSPS) is 25.4. The van der Waals surface area contributed by atoms with Gasteiger partial charge in [-0.25, -0.2) is 0 Å². The van der Waals surface area contributed by atoms with Crippen LogP contribution < -0.4 is 0 Å². The van der Waals surface area contributed by atoms with Crippen molar-refractivity contribution in [1.29, 1.82) is 5.26 Å². The number of aliphatic hydroxyl groups is 1. The number of carbonyl (C=O) groups excluding carboxylic acids is 1. The Morgan fingerprint density at radius 2 is 2.00 bits per heavy atom. The van der Waals surface area contributed by atoms with Gasteiger partial charge in [0.1, 0.15) is 6.04 Å². The molecule has 0 bridgehead atoms. The summed E-state index contributed by atoms with van der Waals surface area (Å²) in [6.45, 7) is 3.98. The Kier molecular flexibility index (Phi) is 5.11. The zero-order chi connectivity index (χ0) is 18.0. The summed E-state index contributed by atoms with van der Waals surface area (Å²) >= 11 is 0. The Labute approximate surface area is 149 Å². The summed E-state index contributed by atoms with van der Waals surface area (Å²) in [5.74, 6) is 6.52. The first kappa shape index (κ1) is 17.5. The summed E-state index contributed by atoms with van der Waals surface area (Å²) in [6.07, 6.45) is 2.88. The molecule has 1 aliphatic heterocycles. The fourth-order valence-electron chi connectivity index (χ4n) is 3.59. The molecule has 1 aromatic carbocycles. The van der Waals surface area contributed by atoms with E-state index in [1.165, 1.54) is 0 Å². The van der Waals surface area contributed by atoms with Crippen LogP contribution in [-0.4, -0.2) is 34.6 Å². The van der Waals surface area contributed by atoms with Gasteiger partial charge in [-0.2, -0.15) is 5.26 Å². The Morgan fingerprint density at radius 1 is 1.32 bits per heavy atom. The van der Waals surface area contributed by atoms with Crippen LogP contribution in [-0.2, 0) is 4.79 Å². The van der Waals surface area contributed by atoms with E-state index in [0.717, 1.165) is 30.4 Å². The summed E-state index contributed by atoms with van der Waals surface area (Å²) in [4.78, 5) is 14.2. The third-order valence-electron chi connectivity index (χ3n) is 5.24. The van der Waals surface area contributed by atoms with Crippen LogP contribution >= 0.6 is 0 Å². The quantitative estimate of drug-likeness (QED) is 0.863. The first-order valence-electron chi connectivity index (χ1n) is 9.01. The van der Waals surface area contributed by atoms with Gasteiger partial charge in [0.15, 0.2) is 0 Å². The lowest BCUT2D eigenvalue weighted by atomic mass is 9.73. The summed E-state index contributed by atoms with van der Waals surface area (Å²) in [7, 11) is 0. The summed E-state index contributed by atoms with van der Waals surface area (Å²) in [5, 5.41) is 19.4. The Balaban J connectivity index is 1.78. The highest BCUT2D eigenvalue weighted by Crippen LogP contribution is 2.43. The largest absolute Gasteiger partial charge is 0.394 e. The van der Waals surface area contributed by atoms with Crippen molar-refractivity contribution in [1.82, 2.24) is 4.90 Å². The number of carbonyl (C=O) groups is 1. The van der Waals surface area contributed by atoms with Crippen LogP contribution in [0.4, 0.5) is 0 Å². The van der Waals surface area contributed by atoms with Gasteiger partial charge in [0, 0.05) is 23.3 Å². The average molecular weight is 336 g/mol. The van der Waals surface area contributed by atoms with Gasteiger partial charge in [-0.3, -0.25) is 4.79 Å². The molecule has 2 fully saturated rings. The van der Waals surface area contributed by atoms with Gasteiger partial charge >= 0.3 is 0 Å². The van der Waals surface area contributed by atoms with E-state index in [0.29, 0.717) is 5.92 Å². The van der Waals surface area contributed by atoms with Crippen LogP contribution in [0, 0.1) is 35.0 Å². The van der Waals surface area contributed by atoms with Crippen LogP contribution in [0.25, 0.3) is 0 Å². The minimum Gasteiger partial charge on any atom is -0.394 e. The predicted molar refractivity (Wildman–Crippen MR) is 95.4 cm³/mol. The molecule has 0 aromatic heterocycles. The lowest BCUT2D eigenvalue weighted by Gasteiger charge is -2.53. The van der Waals surface area contributed by atoms with E-state index in [1.54, 1.807) is 4.90 Å². The summed E-state index contributed by atoms with van der Waals surface area (Å²) < 4.78 is 0. The summed E-state index contributed by atoms with van der Waals surface area (Å²) in [5.41, 5.74) is 1.92. The number of nitrogens with zero attached hydrogens (tertiary/aromatic N) is 2. The van der Waals surface area contributed by atoms with E-state index in [4.69, 9.17) is 0 Å². The number of benzene rings is 1.